The lowest BCUT2D eigenvalue weighted by atomic mass is 10.1. The van der Waals surface area contributed by atoms with Gasteiger partial charge in [-0.05, 0) is 13.0 Å². The zero-order valence-electron chi connectivity index (χ0n) is 9.81. The van der Waals surface area contributed by atoms with E-state index in [2.05, 4.69) is 0 Å². The maximum absolute atomic E-state index is 12.2. The van der Waals surface area contributed by atoms with Crippen LogP contribution in [0.4, 0.5) is 0 Å². The Morgan fingerprint density at radius 2 is 2.18 bits per heavy atom. The maximum atomic E-state index is 12.2. The second-order valence-electron chi connectivity index (χ2n) is 4.11. The monoisotopic (exact) mass is 251 g/mol. The van der Waals surface area contributed by atoms with Crippen LogP contribution in [0.1, 0.15) is 17.3 Å². The van der Waals surface area contributed by atoms with Crippen LogP contribution in [0.25, 0.3) is 11.0 Å². The van der Waals surface area contributed by atoms with Gasteiger partial charge in [0, 0.05) is 24.4 Å². The number of para-hydroxylation sites is 1. The average molecular weight is 252 g/mol. The standard InChI is InChI=1S/C13H14ClNO2/c1-9(14)7-15(2)13(16)11-8-17-12-6-4-3-5-10(11)12/h3-6,8-9H,7H2,1-2H3. The van der Waals surface area contributed by atoms with Crippen LogP contribution in [-0.4, -0.2) is 29.8 Å². The molecule has 0 spiro atoms. The Morgan fingerprint density at radius 1 is 1.47 bits per heavy atom. The number of halogens is 1. The van der Waals surface area contributed by atoms with Crippen molar-refractivity contribution in [3.05, 3.63) is 36.1 Å². The third-order valence-corrected chi connectivity index (χ3v) is 2.72. The van der Waals surface area contributed by atoms with Gasteiger partial charge < -0.3 is 9.32 Å². The first-order valence-corrected chi connectivity index (χ1v) is 5.89. The van der Waals surface area contributed by atoms with Gasteiger partial charge in [-0.2, -0.15) is 0 Å². The van der Waals surface area contributed by atoms with Crippen LogP contribution in [0.15, 0.2) is 34.9 Å². The molecular formula is C13H14ClNO2. The van der Waals surface area contributed by atoms with Crippen LogP contribution in [0.3, 0.4) is 0 Å². The summed E-state index contributed by atoms with van der Waals surface area (Å²) in [5.41, 5.74) is 1.31. The predicted molar refractivity (Wildman–Crippen MR) is 68.5 cm³/mol. The van der Waals surface area contributed by atoms with E-state index >= 15 is 0 Å². The number of hydrogen-bond donors (Lipinski definition) is 0. The van der Waals surface area contributed by atoms with E-state index in [1.807, 2.05) is 31.2 Å². The van der Waals surface area contributed by atoms with Crippen LogP contribution in [0.2, 0.25) is 0 Å². The minimum absolute atomic E-state index is 0.0672. The van der Waals surface area contributed by atoms with E-state index in [0.717, 1.165) is 11.0 Å². The zero-order chi connectivity index (χ0) is 12.4. The molecule has 0 N–H and O–H groups in total. The summed E-state index contributed by atoms with van der Waals surface area (Å²) in [5, 5.41) is 0.772. The second-order valence-corrected chi connectivity index (χ2v) is 4.86. The number of fused-ring (bicyclic) bond motifs is 1. The molecule has 0 saturated carbocycles. The highest BCUT2D eigenvalue weighted by Crippen LogP contribution is 2.21. The van der Waals surface area contributed by atoms with Gasteiger partial charge in [-0.1, -0.05) is 18.2 Å². The Bertz CT molecular complexity index is 533. The summed E-state index contributed by atoms with van der Waals surface area (Å²) in [6.45, 7) is 2.37. The second kappa shape index (κ2) is 4.80. The largest absolute Gasteiger partial charge is 0.463 e. The Balaban J connectivity index is 2.30. The molecule has 2 aromatic rings. The van der Waals surface area contributed by atoms with Gasteiger partial charge in [0.05, 0.1) is 5.56 Å². The van der Waals surface area contributed by atoms with Gasteiger partial charge in [0.25, 0.3) is 5.91 Å². The quantitative estimate of drug-likeness (QED) is 0.786. The molecule has 1 aromatic carbocycles. The number of hydrogen-bond acceptors (Lipinski definition) is 2. The molecule has 1 atom stereocenters. The molecule has 0 bridgehead atoms. The fraction of sp³-hybridized carbons (Fsp3) is 0.308. The third-order valence-electron chi connectivity index (χ3n) is 2.58. The Hall–Kier alpha value is -1.48. The van der Waals surface area contributed by atoms with Crippen LogP contribution >= 0.6 is 11.6 Å². The zero-order valence-corrected chi connectivity index (χ0v) is 10.6. The summed E-state index contributed by atoms with van der Waals surface area (Å²) in [6.07, 6.45) is 1.50. The molecule has 0 saturated heterocycles. The summed E-state index contributed by atoms with van der Waals surface area (Å²) in [6, 6.07) is 7.49. The van der Waals surface area contributed by atoms with Crippen LogP contribution in [0.5, 0.6) is 0 Å². The highest BCUT2D eigenvalue weighted by molar-refractivity contribution is 6.20. The van der Waals surface area contributed by atoms with E-state index in [9.17, 15) is 4.79 Å². The van der Waals surface area contributed by atoms with Gasteiger partial charge in [0.2, 0.25) is 0 Å². The van der Waals surface area contributed by atoms with Crippen molar-refractivity contribution < 1.29 is 9.21 Å². The van der Waals surface area contributed by atoms with E-state index in [-0.39, 0.29) is 11.3 Å². The van der Waals surface area contributed by atoms with Crippen molar-refractivity contribution in [3.63, 3.8) is 0 Å². The number of benzene rings is 1. The predicted octanol–water partition coefficient (Wildman–Crippen LogP) is 3.13. The fourth-order valence-corrected chi connectivity index (χ4v) is 2.02. The minimum Gasteiger partial charge on any atom is -0.463 e. The lowest BCUT2D eigenvalue weighted by molar-refractivity contribution is 0.0797. The van der Waals surface area contributed by atoms with Gasteiger partial charge >= 0.3 is 0 Å². The van der Waals surface area contributed by atoms with Crippen molar-refractivity contribution in [3.8, 4) is 0 Å². The fourth-order valence-electron chi connectivity index (χ4n) is 1.81. The first-order chi connectivity index (χ1) is 8.09. The van der Waals surface area contributed by atoms with Gasteiger partial charge in [-0.25, -0.2) is 0 Å². The molecule has 0 fully saturated rings. The van der Waals surface area contributed by atoms with E-state index in [1.54, 1.807) is 11.9 Å². The van der Waals surface area contributed by atoms with E-state index in [4.69, 9.17) is 16.0 Å². The molecule has 4 heteroatoms. The number of alkyl halides is 1. The Kier molecular flexibility index (Phi) is 3.38. The number of carbonyl (C=O) groups is 1. The van der Waals surface area contributed by atoms with Crippen LogP contribution in [-0.2, 0) is 0 Å². The number of nitrogens with zero attached hydrogens (tertiary/aromatic N) is 1. The minimum atomic E-state index is -0.0675. The van der Waals surface area contributed by atoms with Crippen molar-refractivity contribution in [2.75, 3.05) is 13.6 Å². The van der Waals surface area contributed by atoms with Gasteiger partial charge in [-0.15, -0.1) is 11.6 Å². The van der Waals surface area contributed by atoms with E-state index in [0.29, 0.717) is 12.1 Å². The molecule has 0 aliphatic carbocycles. The molecule has 90 valence electrons. The average Bonchev–Trinajstić information content (AvgIpc) is 2.70. The number of rotatable bonds is 3. The molecule has 1 aromatic heterocycles. The van der Waals surface area contributed by atoms with Crippen LogP contribution in [0, 0.1) is 0 Å². The molecule has 1 amide bonds. The summed E-state index contributed by atoms with van der Waals surface area (Å²) in [4.78, 5) is 13.8. The summed E-state index contributed by atoms with van der Waals surface area (Å²) >= 11 is 5.88. The molecule has 17 heavy (non-hydrogen) atoms. The topological polar surface area (TPSA) is 33.5 Å². The summed E-state index contributed by atoms with van der Waals surface area (Å²) in [7, 11) is 1.74. The van der Waals surface area contributed by atoms with Gasteiger partial charge in [0.15, 0.2) is 0 Å². The Morgan fingerprint density at radius 3 is 2.88 bits per heavy atom. The van der Waals surface area contributed by atoms with Gasteiger partial charge in [0.1, 0.15) is 11.8 Å². The molecule has 0 radical (unpaired) electrons. The molecule has 1 unspecified atom stereocenters. The highest BCUT2D eigenvalue weighted by Gasteiger charge is 2.18. The first kappa shape index (κ1) is 12.0. The molecule has 1 heterocycles. The van der Waals surface area contributed by atoms with Crippen LogP contribution < -0.4 is 0 Å². The number of furan rings is 1. The van der Waals surface area contributed by atoms with Crippen molar-refractivity contribution in [1.29, 1.82) is 0 Å². The molecule has 0 aliphatic heterocycles. The van der Waals surface area contributed by atoms with Crippen molar-refractivity contribution >= 4 is 28.5 Å². The SMILES string of the molecule is CC(Cl)CN(C)C(=O)c1coc2ccccc12. The van der Waals surface area contributed by atoms with Crippen molar-refractivity contribution in [1.82, 2.24) is 4.90 Å². The lowest BCUT2D eigenvalue weighted by Crippen LogP contribution is -2.31. The smallest absolute Gasteiger partial charge is 0.257 e. The normalized spacial score (nSPS) is 12.6. The van der Waals surface area contributed by atoms with E-state index in [1.165, 1.54) is 6.26 Å². The maximum Gasteiger partial charge on any atom is 0.257 e. The Labute approximate surface area is 105 Å². The summed E-state index contributed by atoms with van der Waals surface area (Å²) in [5.74, 6) is -0.0672. The van der Waals surface area contributed by atoms with Crippen molar-refractivity contribution in [2.24, 2.45) is 0 Å². The molecular weight excluding hydrogens is 238 g/mol. The summed E-state index contributed by atoms with van der Waals surface area (Å²) < 4.78 is 5.34. The number of carbonyl (C=O) groups excluding carboxylic acids is 1. The molecule has 2 rings (SSSR count). The third kappa shape index (κ3) is 2.44. The highest BCUT2D eigenvalue weighted by atomic mass is 35.5. The number of amides is 1. The molecule has 3 nitrogen and oxygen atoms in total. The van der Waals surface area contributed by atoms with E-state index < -0.39 is 0 Å². The lowest BCUT2D eigenvalue weighted by Gasteiger charge is -2.17. The van der Waals surface area contributed by atoms with Gasteiger partial charge in [-0.3, -0.25) is 4.79 Å². The van der Waals surface area contributed by atoms with Crippen molar-refractivity contribution in [2.45, 2.75) is 12.3 Å². The molecule has 0 aliphatic rings. The first-order valence-electron chi connectivity index (χ1n) is 5.45.